The Hall–Kier alpha value is -3.08. The Morgan fingerprint density at radius 2 is 2.09 bits per heavy atom. The number of anilines is 1. The van der Waals surface area contributed by atoms with E-state index in [0.717, 1.165) is 5.69 Å². The first-order valence-corrected chi connectivity index (χ1v) is 7.39. The molecule has 0 aliphatic heterocycles. The van der Waals surface area contributed by atoms with Crippen molar-refractivity contribution in [2.45, 2.75) is 6.92 Å². The van der Waals surface area contributed by atoms with Crippen molar-refractivity contribution in [2.75, 3.05) is 11.9 Å². The summed E-state index contributed by atoms with van der Waals surface area (Å²) in [4.78, 5) is 16.5. The van der Waals surface area contributed by atoms with Crippen molar-refractivity contribution >= 4 is 11.6 Å². The topological polar surface area (TPSA) is 56.1 Å². The Morgan fingerprint density at radius 3 is 2.87 bits per heavy atom. The van der Waals surface area contributed by atoms with E-state index in [9.17, 15) is 4.79 Å². The Balaban J connectivity index is 1.82. The third-order valence-electron chi connectivity index (χ3n) is 3.34. The highest BCUT2D eigenvalue weighted by atomic mass is 16.5. The number of nitrogens with zero attached hydrogens (tertiary/aromatic N) is 2. The molecule has 1 N–H and O–H groups in total. The summed E-state index contributed by atoms with van der Waals surface area (Å²) in [5.41, 5.74) is 2.16. The Kier molecular flexibility index (Phi) is 4.38. The molecule has 0 saturated carbocycles. The van der Waals surface area contributed by atoms with Crippen molar-refractivity contribution in [3.8, 4) is 11.4 Å². The molecular weight excluding hydrogens is 290 g/mol. The van der Waals surface area contributed by atoms with Crippen molar-refractivity contribution < 1.29 is 9.53 Å². The van der Waals surface area contributed by atoms with Crippen LogP contribution in [-0.4, -0.2) is 22.1 Å². The Morgan fingerprint density at radius 1 is 1.22 bits per heavy atom. The number of carbonyl (C=O) groups excluding carboxylic acids is 1. The molecule has 0 atom stereocenters. The zero-order chi connectivity index (χ0) is 16.1. The molecule has 5 heteroatoms. The third-order valence-corrected chi connectivity index (χ3v) is 3.34. The number of aromatic nitrogens is 2. The second-order valence-electron chi connectivity index (χ2n) is 4.90. The molecule has 0 fully saturated rings. The van der Waals surface area contributed by atoms with Crippen molar-refractivity contribution in [3.63, 3.8) is 0 Å². The van der Waals surface area contributed by atoms with E-state index in [0.29, 0.717) is 23.6 Å². The van der Waals surface area contributed by atoms with Gasteiger partial charge in [-0.25, -0.2) is 4.98 Å². The first-order valence-electron chi connectivity index (χ1n) is 7.39. The minimum absolute atomic E-state index is 0.197. The summed E-state index contributed by atoms with van der Waals surface area (Å²) in [6, 6.07) is 14.8. The Labute approximate surface area is 134 Å². The molecule has 1 heterocycles. The standard InChI is InChI=1S/C18H17N3O2/c1-2-23-17-9-4-3-8-16(17)18(22)20-14-6-5-7-15(12-14)21-11-10-19-13-21/h3-13H,2H2,1H3,(H,20,22). The largest absolute Gasteiger partial charge is 0.493 e. The molecule has 116 valence electrons. The summed E-state index contributed by atoms with van der Waals surface area (Å²) < 4.78 is 7.38. The van der Waals surface area contributed by atoms with Crippen LogP contribution in [0.5, 0.6) is 5.75 Å². The number of rotatable bonds is 5. The van der Waals surface area contributed by atoms with Crippen molar-refractivity contribution in [1.29, 1.82) is 0 Å². The smallest absolute Gasteiger partial charge is 0.259 e. The molecule has 0 unspecified atom stereocenters. The summed E-state index contributed by atoms with van der Waals surface area (Å²) >= 11 is 0. The lowest BCUT2D eigenvalue weighted by molar-refractivity contribution is 0.102. The number of nitrogens with one attached hydrogen (secondary N) is 1. The molecule has 1 aromatic heterocycles. The molecule has 3 aromatic rings. The van der Waals surface area contributed by atoms with E-state index in [4.69, 9.17) is 4.74 Å². The first kappa shape index (κ1) is 14.8. The predicted octanol–water partition coefficient (Wildman–Crippen LogP) is 3.52. The Bertz CT molecular complexity index is 798. The van der Waals surface area contributed by atoms with E-state index in [-0.39, 0.29) is 5.91 Å². The van der Waals surface area contributed by atoms with Crippen molar-refractivity contribution in [1.82, 2.24) is 9.55 Å². The van der Waals surface area contributed by atoms with Gasteiger partial charge in [-0.15, -0.1) is 0 Å². The lowest BCUT2D eigenvalue weighted by Crippen LogP contribution is -2.13. The van der Waals surface area contributed by atoms with Crippen LogP contribution in [0.25, 0.3) is 5.69 Å². The minimum atomic E-state index is -0.197. The second-order valence-corrected chi connectivity index (χ2v) is 4.90. The van der Waals surface area contributed by atoms with Gasteiger partial charge in [-0.2, -0.15) is 0 Å². The molecule has 0 aliphatic carbocycles. The fourth-order valence-corrected chi connectivity index (χ4v) is 2.29. The maximum atomic E-state index is 12.5. The summed E-state index contributed by atoms with van der Waals surface area (Å²) in [6.45, 7) is 2.41. The van der Waals surface area contributed by atoms with E-state index >= 15 is 0 Å². The van der Waals surface area contributed by atoms with Crippen LogP contribution in [0.2, 0.25) is 0 Å². The van der Waals surface area contributed by atoms with E-state index < -0.39 is 0 Å². The molecule has 5 nitrogen and oxygen atoms in total. The van der Waals surface area contributed by atoms with Crippen LogP contribution in [-0.2, 0) is 0 Å². The van der Waals surface area contributed by atoms with Gasteiger partial charge in [0, 0.05) is 23.8 Å². The number of hydrogen-bond acceptors (Lipinski definition) is 3. The van der Waals surface area contributed by atoms with Gasteiger partial charge in [0.05, 0.1) is 18.5 Å². The number of carbonyl (C=O) groups is 1. The fraction of sp³-hybridized carbons (Fsp3) is 0.111. The van der Waals surface area contributed by atoms with Crippen LogP contribution < -0.4 is 10.1 Å². The zero-order valence-corrected chi connectivity index (χ0v) is 12.8. The van der Waals surface area contributed by atoms with Crippen LogP contribution >= 0.6 is 0 Å². The molecule has 2 aromatic carbocycles. The average Bonchev–Trinajstić information content (AvgIpc) is 3.10. The summed E-state index contributed by atoms with van der Waals surface area (Å²) in [5.74, 6) is 0.384. The maximum absolute atomic E-state index is 12.5. The van der Waals surface area contributed by atoms with Crippen LogP contribution in [0.1, 0.15) is 17.3 Å². The summed E-state index contributed by atoms with van der Waals surface area (Å²) in [5, 5.41) is 2.91. The molecule has 0 spiro atoms. The lowest BCUT2D eigenvalue weighted by Gasteiger charge is -2.11. The first-order chi connectivity index (χ1) is 11.3. The number of imidazole rings is 1. The molecule has 0 aliphatic rings. The molecule has 3 rings (SSSR count). The quantitative estimate of drug-likeness (QED) is 0.784. The zero-order valence-electron chi connectivity index (χ0n) is 12.8. The van der Waals surface area contributed by atoms with E-state index in [1.807, 2.05) is 54.1 Å². The highest BCUT2D eigenvalue weighted by Gasteiger charge is 2.12. The second kappa shape index (κ2) is 6.79. The van der Waals surface area contributed by atoms with Gasteiger partial charge in [-0.1, -0.05) is 18.2 Å². The maximum Gasteiger partial charge on any atom is 0.259 e. The average molecular weight is 307 g/mol. The lowest BCUT2D eigenvalue weighted by atomic mass is 10.1. The normalized spacial score (nSPS) is 10.3. The van der Waals surface area contributed by atoms with Crippen LogP contribution in [0, 0.1) is 0 Å². The highest BCUT2D eigenvalue weighted by molar-refractivity contribution is 6.06. The van der Waals surface area contributed by atoms with Gasteiger partial charge >= 0.3 is 0 Å². The van der Waals surface area contributed by atoms with Crippen molar-refractivity contribution in [2.24, 2.45) is 0 Å². The summed E-state index contributed by atoms with van der Waals surface area (Å²) in [7, 11) is 0. The third kappa shape index (κ3) is 3.40. The summed E-state index contributed by atoms with van der Waals surface area (Å²) in [6.07, 6.45) is 5.28. The van der Waals surface area contributed by atoms with E-state index in [1.165, 1.54) is 0 Å². The molecular formula is C18H17N3O2. The van der Waals surface area contributed by atoms with Crippen molar-refractivity contribution in [3.05, 3.63) is 72.8 Å². The minimum Gasteiger partial charge on any atom is -0.493 e. The van der Waals surface area contributed by atoms with E-state index in [2.05, 4.69) is 10.3 Å². The van der Waals surface area contributed by atoms with Crippen LogP contribution in [0.15, 0.2) is 67.3 Å². The highest BCUT2D eigenvalue weighted by Crippen LogP contribution is 2.21. The fourth-order valence-electron chi connectivity index (χ4n) is 2.29. The van der Waals surface area contributed by atoms with Gasteiger partial charge in [-0.05, 0) is 37.3 Å². The van der Waals surface area contributed by atoms with E-state index in [1.54, 1.807) is 24.7 Å². The van der Waals surface area contributed by atoms with Gasteiger partial charge < -0.3 is 14.6 Å². The van der Waals surface area contributed by atoms with Gasteiger partial charge in [0.1, 0.15) is 5.75 Å². The molecule has 0 bridgehead atoms. The van der Waals surface area contributed by atoms with Gasteiger partial charge in [0.25, 0.3) is 5.91 Å². The van der Waals surface area contributed by atoms with Gasteiger partial charge in [0.2, 0.25) is 0 Å². The number of ether oxygens (including phenoxy) is 1. The van der Waals surface area contributed by atoms with Gasteiger partial charge in [-0.3, -0.25) is 4.79 Å². The molecule has 0 radical (unpaired) electrons. The monoisotopic (exact) mass is 307 g/mol. The number of para-hydroxylation sites is 1. The molecule has 1 amide bonds. The predicted molar refractivity (Wildman–Crippen MR) is 89.1 cm³/mol. The number of hydrogen-bond donors (Lipinski definition) is 1. The molecule has 23 heavy (non-hydrogen) atoms. The molecule has 0 saturated heterocycles. The van der Waals surface area contributed by atoms with Gasteiger partial charge in [0.15, 0.2) is 0 Å². The van der Waals surface area contributed by atoms with Crippen LogP contribution in [0.4, 0.5) is 5.69 Å². The number of benzene rings is 2. The SMILES string of the molecule is CCOc1ccccc1C(=O)Nc1cccc(-n2ccnc2)c1. The number of amides is 1. The van der Waals surface area contributed by atoms with Crippen LogP contribution in [0.3, 0.4) is 0 Å².